The summed E-state index contributed by atoms with van der Waals surface area (Å²) in [7, 11) is 0. The number of hydrogen-bond donors (Lipinski definition) is 1. The first-order valence-corrected chi connectivity index (χ1v) is 7.73. The van der Waals surface area contributed by atoms with Gasteiger partial charge in [0.15, 0.2) is 5.60 Å². The number of alkyl halides is 3. The molecular formula is C15H23F3N4O. The molecule has 0 aliphatic carbocycles. The van der Waals surface area contributed by atoms with E-state index in [1.165, 1.54) is 0 Å². The summed E-state index contributed by atoms with van der Waals surface area (Å²) in [6.45, 7) is 5.33. The van der Waals surface area contributed by atoms with E-state index in [1.54, 1.807) is 9.58 Å². The molecule has 2 rings (SSSR count). The predicted octanol–water partition coefficient (Wildman–Crippen LogP) is 2.65. The van der Waals surface area contributed by atoms with Gasteiger partial charge in [-0.2, -0.15) is 13.2 Å². The molecule has 0 amide bonds. The number of hydrogen-bond acceptors (Lipinski definition) is 4. The van der Waals surface area contributed by atoms with Crippen molar-refractivity contribution in [1.82, 2.24) is 19.9 Å². The van der Waals surface area contributed by atoms with E-state index in [1.807, 2.05) is 26.1 Å². The maximum atomic E-state index is 12.8. The lowest BCUT2D eigenvalue weighted by atomic mass is 10.1. The molecule has 1 aromatic heterocycles. The van der Waals surface area contributed by atoms with Gasteiger partial charge >= 0.3 is 6.18 Å². The van der Waals surface area contributed by atoms with Crippen molar-refractivity contribution in [2.45, 2.75) is 51.4 Å². The minimum Gasteiger partial charge on any atom is -0.380 e. The molecule has 0 saturated heterocycles. The molecule has 2 heterocycles. The van der Waals surface area contributed by atoms with Crippen LogP contribution in [-0.2, 0) is 0 Å². The van der Waals surface area contributed by atoms with Gasteiger partial charge in [-0.1, -0.05) is 11.3 Å². The molecule has 1 aliphatic heterocycles. The van der Waals surface area contributed by atoms with Crippen molar-refractivity contribution in [2.24, 2.45) is 0 Å². The van der Waals surface area contributed by atoms with Crippen molar-refractivity contribution < 1.29 is 18.3 Å². The molecule has 23 heavy (non-hydrogen) atoms. The van der Waals surface area contributed by atoms with E-state index >= 15 is 0 Å². The Morgan fingerprint density at radius 1 is 1.30 bits per heavy atom. The van der Waals surface area contributed by atoms with E-state index in [9.17, 15) is 18.3 Å². The molecule has 0 radical (unpaired) electrons. The summed E-state index contributed by atoms with van der Waals surface area (Å²) in [5, 5.41) is 17.8. The molecule has 0 fully saturated rings. The monoisotopic (exact) mass is 332 g/mol. The van der Waals surface area contributed by atoms with Gasteiger partial charge in [-0.05, 0) is 39.2 Å². The Kier molecular flexibility index (Phi) is 5.15. The Balaban J connectivity index is 2.00. The van der Waals surface area contributed by atoms with E-state index in [0.29, 0.717) is 25.9 Å². The maximum absolute atomic E-state index is 12.8. The van der Waals surface area contributed by atoms with Crippen LogP contribution in [0.3, 0.4) is 0 Å². The van der Waals surface area contributed by atoms with Crippen LogP contribution in [0.1, 0.15) is 45.3 Å². The highest BCUT2D eigenvalue weighted by Gasteiger charge is 2.50. The molecule has 130 valence electrons. The second-order valence-electron chi connectivity index (χ2n) is 6.49. The molecule has 8 heteroatoms. The molecule has 0 unspecified atom stereocenters. The van der Waals surface area contributed by atoms with Gasteiger partial charge < -0.3 is 5.11 Å². The number of rotatable bonds is 4. The lowest BCUT2D eigenvalue weighted by Gasteiger charge is -2.32. The van der Waals surface area contributed by atoms with E-state index in [-0.39, 0.29) is 6.04 Å². The van der Waals surface area contributed by atoms with Crippen LogP contribution >= 0.6 is 0 Å². The summed E-state index contributed by atoms with van der Waals surface area (Å²) < 4.78 is 40.2. The summed E-state index contributed by atoms with van der Waals surface area (Å²) in [5.41, 5.74) is -0.938. The summed E-state index contributed by atoms with van der Waals surface area (Å²) in [4.78, 5) is 1.64. The molecule has 0 bridgehead atoms. The van der Waals surface area contributed by atoms with E-state index in [0.717, 1.165) is 18.2 Å². The van der Waals surface area contributed by atoms with E-state index in [4.69, 9.17) is 0 Å². The van der Waals surface area contributed by atoms with Gasteiger partial charge in [-0.3, -0.25) is 4.90 Å². The molecule has 0 saturated carbocycles. The van der Waals surface area contributed by atoms with Crippen LogP contribution in [0.15, 0.2) is 12.3 Å². The third kappa shape index (κ3) is 4.32. The van der Waals surface area contributed by atoms with Crippen molar-refractivity contribution in [1.29, 1.82) is 0 Å². The second kappa shape index (κ2) is 6.60. The molecular weight excluding hydrogens is 309 g/mol. The van der Waals surface area contributed by atoms with Gasteiger partial charge in [0.2, 0.25) is 0 Å². The zero-order chi connectivity index (χ0) is 17.3. The van der Waals surface area contributed by atoms with Crippen LogP contribution in [0, 0.1) is 0 Å². The summed E-state index contributed by atoms with van der Waals surface area (Å²) in [6.07, 6.45) is 0.438. The van der Waals surface area contributed by atoms with Crippen molar-refractivity contribution in [3.63, 3.8) is 0 Å². The highest BCUT2D eigenvalue weighted by atomic mass is 19.4. The van der Waals surface area contributed by atoms with Crippen LogP contribution in [0.25, 0.3) is 5.57 Å². The van der Waals surface area contributed by atoms with E-state index < -0.39 is 18.3 Å². The topological polar surface area (TPSA) is 54.2 Å². The first-order chi connectivity index (χ1) is 10.6. The minimum atomic E-state index is -4.63. The highest BCUT2D eigenvalue weighted by molar-refractivity contribution is 5.62. The predicted molar refractivity (Wildman–Crippen MR) is 80.7 cm³/mol. The number of aliphatic hydroxyl groups is 1. The van der Waals surface area contributed by atoms with Crippen molar-refractivity contribution in [3.05, 3.63) is 18.0 Å². The lowest BCUT2D eigenvalue weighted by molar-refractivity contribution is -0.257. The molecule has 1 aromatic rings. The van der Waals surface area contributed by atoms with Gasteiger partial charge in [-0.25, -0.2) is 4.68 Å². The molecule has 1 N–H and O–H groups in total. The molecule has 0 spiro atoms. The molecule has 0 aromatic carbocycles. The zero-order valence-electron chi connectivity index (χ0n) is 13.6. The zero-order valence-corrected chi connectivity index (χ0v) is 13.6. The third-order valence-electron chi connectivity index (χ3n) is 4.04. The van der Waals surface area contributed by atoms with Crippen LogP contribution in [0.4, 0.5) is 13.2 Å². The van der Waals surface area contributed by atoms with Crippen LogP contribution in [-0.4, -0.2) is 56.4 Å². The van der Waals surface area contributed by atoms with Crippen LogP contribution in [0.5, 0.6) is 0 Å². The quantitative estimate of drug-likeness (QED) is 0.921. The average molecular weight is 332 g/mol. The Hall–Kier alpha value is -1.41. The largest absolute Gasteiger partial charge is 0.418 e. The van der Waals surface area contributed by atoms with Crippen molar-refractivity contribution >= 4 is 5.57 Å². The number of halogens is 3. The summed E-state index contributed by atoms with van der Waals surface area (Å²) in [5.74, 6) is 0. The Morgan fingerprint density at radius 2 is 2.00 bits per heavy atom. The summed E-state index contributed by atoms with van der Waals surface area (Å²) >= 11 is 0. The number of aromatic nitrogens is 3. The minimum absolute atomic E-state index is 0.209. The van der Waals surface area contributed by atoms with Gasteiger partial charge in [0.1, 0.15) is 5.69 Å². The van der Waals surface area contributed by atoms with Crippen LogP contribution < -0.4 is 0 Å². The van der Waals surface area contributed by atoms with Crippen molar-refractivity contribution in [3.8, 4) is 0 Å². The fourth-order valence-electron chi connectivity index (χ4n) is 2.51. The van der Waals surface area contributed by atoms with Gasteiger partial charge in [-0.15, -0.1) is 5.10 Å². The average Bonchev–Trinajstić information content (AvgIpc) is 2.80. The standard InChI is InChI=1S/C15H23F3N4O/c1-11(2)22-9-13(19-20-22)12-5-4-7-21(8-6-12)10-14(3,23)15(16,17)18/h5,9,11,23H,4,6-8,10H2,1-3H3/t14-/m1/s1. The van der Waals surface area contributed by atoms with Gasteiger partial charge in [0.05, 0.1) is 6.20 Å². The highest BCUT2D eigenvalue weighted by Crippen LogP contribution is 2.31. The smallest absolute Gasteiger partial charge is 0.380 e. The number of β-amino-alcohol motifs (C(OH)–C–C–N with tert-alkyl or cyclic N) is 1. The normalized spacial score (nSPS) is 20.3. The Bertz CT molecular complexity index is 563. The lowest BCUT2D eigenvalue weighted by Crippen LogP contribution is -2.51. The van der Waals surface area contributed by atoms with Crippen LogP contribution in [0.2, 0.25) is 0 Å². The molecule has 5 nitrogen and oxygen atoms in total. The molecule has 1 aliphatic rings. The maximum Gasteiger partial charge on any atom is 0.418 e. The van der Waals surface area contributed by atoms with Crippen molar-refractivity contribution in [2.75, 3.05) is 19.6 Å². The summed E-state index contributed by atoms with van der Waals surface area (Å²) in [6, 6.07) is 0.209. The van der Waals surface area contributed by atoms with Gasteiger partial charge in [0.25, 0.3) is 0 Å². The van der Waals surface area contributed by atoms with E-state index in [2.05, 4.69) is 10.3 Å². The first kappa shape index (κ1) is 17.9. The van der Waals surface area contributed by atoms with Gasteiger partial charge in [0, 0.05) is 25.7 Å². The second-order valence-corrected chi connectivity index (χ2v) is 6.49. The Morgan fingerprint density at radius 3 is 2.57 bits per heavy atom. The Labute approximate surface area is 133 Å². The third-order valence-corrected chi connectivity index (χ3v) is 4.04. The SMILES string of the molecule is CC(C)n1cc(C2=CCCN(C[C@@](C)(O)C(F)(F)F)CC2)nn1. The first-order valence-electron chi connectivity index (χ1n) is 7.73. The fraction of sp³-hybridized carbons (Fsp3) is 0.733. The molecule has 1 atom stereocenters. The number of nitrogens with zero attached hydrogens (tertiary/aromatic N) is 4. The fourth-order valence-corrected chi connectivity index (χ4v) is 2.51.